The van der Waals surface area contributed by atoms with Crippen LogP contribution in [0.25, 0.3) is 0 Å². The average molecular weight is 174 g/mol. The van der Waals surface area contributed by atoms with Gasteiger partial charge in [-0.2, -0.15) is 0 Å². The van der Waals surface area contributed by atoms with E-state index in [0.29, 0.717) is 10.6 Å². The predicted octanol–water partition coefficient (Wildman–Crippen LogP) is 2.31. The van der Waals surface area contributed by atoms with E-state index >= 15 is 0 Å². The Bertz CT molecular complexity index is 239. The van der Waals surface area contributed by atoms with E-state index in [1.54, 1.807) is 24.3 Å². The van der Waals surface area contributed by atoms with Crippen molar-refractivity contribution in [1.82, 2.24) is 0 Å². The predicted molar refractivity (Wildman–Crippen MR) is 44.4 cm³/mol. The van der Waals surface area contributed by atoms with Crippen LogP contribution in [0.3, 0.4) is 0 Å². The highest BCUT2D eigenvalue weighted by atomic mass is 35.5. The fraction of sp³-hybridized carbons (Fsp3) is 0.250. The molecule has 0 spiro atoms. The molecule has 1 aromatic carbocycles. The molecule has 0 aliphatic rings. The Morgan fingerprint density at radius 1 is 1.45 bits per heavy atom. The van der Waals surface area contributed by atoms with Crippen LogP contribution >= 0.6 is 11.6 Å². The highest BCUT2D eigenvalue weighted by Gasteiger charge is 2.07. The van der Waals surface area contributed by atoms with Crippen molar-refractivity contribution in [1.29, 1.82) is 0 Å². The maximum atomic E-state index is 12.1. The van der Waals surface area contributed by atoms with Gasteiger partial charge in [-0.1, -0.05) is 29.8 Å². The third-order valence-electron chi connectivity index (χ3n) is 1.47. The monoisotopic (exact) mass is 173 g/mol. The van der Waals surface area contributed by atoms with Crippen molar-refractivity contribution in [2.45, 2.75) is 6.04 Å². The molecule has 0 radical (unpaired) electrons. The summed E-state index contributed by atoms with van der Waals surface area (Å²) < 4.78 is 12.1. The Labute approximate surface area is 70.0 Å². The molecule has 3 heteroatoms. The molecule has 0 bridgehead atoms. The second-order valence-corrected chi connectivity index (χ2v) is 2.69. The normalized spacial score (nSPS) is 13.0. The topological polar surface area (TPSA) is 26.0 Å². The number of nitrogens with two attached hydrogens (primary N) is 1. The molecule has 2 N–H and O–H groups in total. The smallest absolute Gasteiger partial charge is 0.109 e. The molecule has 0 aliphatic carbocycles. The number of hydrogen-bond acceptors (Lipinski definition) is 1. The summed E-state index contributed by atoms with van der Waals surface area (Å²) in [5.41, 5.74) is 6.10. The summed E-state index contributed by atoms with van der Waals surface area (Å²) >= 11 is 5.75. The summed E-state index contributed by atoms with van der Waals surface area (Å²) in [5.74, 6) is 0. The maximum Gasteiger partial charge on any atom is 0.109 e. The minimum atomic E-state index is -0.594. The van der Waals surface area contributed by atoms with Gasteiger partial charge in [-0.25, -0.2) is 4.39 Å². The lowest BCUT2D eigenvalue weighted by Crippen LogP contribution is -2.12. The lowest BCUT2D eigenvalue weighted by atomic mass is 10.1. The summed E-state index contributed by atoms with van der Waals surface area (Å²) in [7, 11) is 0. The highest BCUT2D eigenvalue weighted by Crippen LogP contribution is 2.20. The number of rotatable bonds is 2. The molecule has 11 heavy (non-hydrogen) atoms. The zero-order valence-corrected chi connectivity index (χ0v) is 6.68. The van der Waals surface area contributed by atoms with Gasteiger partial charge in [0.2, 0.25) is 0 Å². The van der Waals surface area contributed by atoms with E-state index in [1.165, 1.54) is 0 Å². The van der Waals surface area contributed by atoms with Crippen molar-refractivity contribution in [2.75, 3.05) is 6.67 Å². The fourth-order valence-corrected chi connectivity index (χ4v) is 1.13. The Balaban J connectivity index is 2.93. The minimum Gasteiger partial charge on any atom is -0.322 e. The van der Waals surface area contributed by atoms with Gasteiger partial charge >= 0.3 is 0 Å². The Kier molecular flexibility index (Phi) is 2.85. The Morgan fingerprint density at radius 2 is 2.09 bits per heavy atom. The molecular weight excluding hydrogens is 165 g/mol. The third kappa shape index (κ3) is 1.91. The standard InChI is InChI=1S/C8H9ClFN/c9-7-4-2-1-3-6(7)8(11)5-10/h1-4,8H,5,11H2. The summed E-state index contributed by atoms with van der Waals surface area (Å²) in [6.07, 6.45) is 0. The van der Waals surface area contributed by atoms with E-state index in [-0.39, 0.29) is 0 Å². The van der Waals surface area contributed by atoms with E-state index in [2.05, 4.69) is 0 Å². The molecule has 1 unspecified atom stereocenters. The van der Waals surface area contributed by atoms with Gasteiger partial charge in [-0.05, 0) is 11.6 Å². The number of alkyl halides is 1. The van der Waals surface area contributed by atoms with Gasteiger partial charge < -0.3 is 5.73 Å². The molecule has 60 valence electrons. The van der Waals surface area contributed by atoms with Gasteiger partial charge in [0, 0.05) is 5.02 Å². The van der Waals surface area contributed by atoms with E-state index in [4.69, 9.17) is 17.3 Å². The molecule has 0 heterocycles. The zero-order chi connectivity index (χ0) is 8.27. The quantitative estimate of drug-likeness (QED) is 0.730. The van der Waals surface area contributed by atoms with Gasteiger partial charge in [0.1, 0.15) is 6.67 Å². The number of halogens is 2. The molecule has 0 aromatic heterocycles. The van der Waals surface area contributed by atoms with Crippen LogP contribution in [-0.2, 0) is 0 Å². The molecule has 1 aromatic rings. The molecule has 0 amide bonds. The van der Waals surface area contributed by atoms with Crippen LogP contribution in [0.5, 0.6) is 0 Å². The van der Waals surface area contributed by atoms with Gasteiger partial charge in [0.25, 0.3) is 0 Å². The molecule has 0 aliphatic heterocycles. The van der Waals surface area contributed by atoms with Crippen molar-refractivity contribution in [3.63, 3.8) is 0 Å². The fourth-order valence-electron chi connectivity index (χ4n) is 0.859. The van der Waals surface area contributed by atoms with Crippen LogP contribution in [0.15, 0.2) is 24.3 Å². The van der Waals surface area contributed by atoms with Crippen LogP contribution in [0.4, 0.5) is 4.39 Å². The number of hydrogen-bond donors (Lipinski definition) is 1. The van der Waals surface area contributed by atoms with Crippen molar-refractivity contribution in [3.05, 3.63) is 34.9 Å². The Morgan fingerprint density at radius 3 is 2.64 bits per heavy atom. The molecule has 0 saturated heterocycles. The first-order chi connectivity index (χ1) is 5.25. The van der Waals surface area contributed by atoms with E-state index in [1.807, 2.05) is 0 Å². The van der Waals surface area contributed by atoms with E-state index < -0.39 is 12.7 Å². The van der Waals surface area contributed by atoms with Crippen LogP contribution in [0.2, 0.25) is 5.02 Å². The first-order valence-corrected chi connectivity index (χ1v) is 3.69. The maximum absolute atomic E-state index is 12.1. The minimum absolute atomic E-state index is 0.526. The average Bonchev–Trinajstić information content (AvgIpc) is 2.04. The van der Waals surface area contributed by atoms with E-state index in [0.717, 1.165) is 0 Å². The van der Waals surface area contributed by atoms with Crippen LogP contribution in [0.1, 0.15) is 11.6 Å². The molecule has 1 nitrogen and oxygen atoms in total. The molecular formula is C8H9ClFN. The third-order valence-corrected chi connectivity index (χ3v) is 1.82. The van der Waals surface area contributed by atoms with Crippen molar-refractivity contribution in [3.8, 4) is 0 Å². The largest absolute Gasteiger partial charge is 0.322 e. The molecule has 1 atom stereocenters. The molecule has 1 rings (SSSR count). The number of benzene rings is 1. The Hall–Kier alpha value is -0.600. The van der Waals surface area contributed by atoms with Crippen molar-refractivity contribution in [2.24, 2.45) is 5.73 Å². The van der Waals surface area contributed by atoms with Gasteiger partial charge in [-0.15, -0.1) is 0 Å². The molecule has 0 saturated carbocycles. The SMILES string of the molecule is NC(CF)c1ccccc1Cl. The van der Waals surface area contributed by atoms with Crippen LogP contribution in [0, 0.1) is 0 Å². The lowest BCUT2D eigenvalue weighted by Gasteiger charge is -2.08. The van der Waals surface area contributed by atoms with E-state index in [9.17, 15) is 4.39 Å². The first kappa shape index (κ1) is 8.50. The summed E-state index contributed by atoms with van der Waals surface area (Å²) in [6.45, 7) is -0.580. The van der Waals surface area contributed by atoms with Gasteiger partial charge in [-0.3, -0.25) is 0 Å². The van der Waals surface area contributed by atoms with Crippen LogP contribution in [-0.4, -0.2) is 6.67 Å². The van der Waals surface area contributed by atoms with Crippen LogP contribution < -0.4 is 5.73 Å². The summed E-state index contributed by atoms with van der Waals surface area (Å²) in [5, 5.41) is 0.526. The zero-order valence-electron chi connectivity index (χ0n) is 5.93. The van der Waals surface area contributed by atoms with Gasteiger partial charge in [0.15, 0.2) is 0 Å². The van der Waals surface area contributed by atoms with Crippen molar-refractivity contribution >= 4 is 11.6 Å². The highest BCUT2D eigenvalue weighted by molar-refractivity contribution is 6.31. The summed E-state index contributed by atoms with van der Waals surface area (Å²) in [6, 6.07) is 6.41. The van der Waals surface area contributed by atoms with Gasteiger partial charge in [0.05, 0.1) is 6.04 Å². The first-order valence-electron chi connectivity index (χ1n) is 3.31. The lowest BCUT2D eigenvalue weighted by molar-refractivity contribution is 0.437. The molecule has 0 fully saturated rings. The second kappa shape index (κ2) is 3.69. The summed E-state index contributed by atoms with van der Waals surface area (Å²) in [4.78, 5) is 0. The van der Waals surface area contributed by atoms with Crippen molar-refractivity contribution < 1.29 is 4.39 Å². The second-order valence-electron chi connectivity index (χ2n) is 2.28.